The normalized spacial score (nSPS) is 13.9. The maximum absolute atomic E-state index is 12.4. The number of ether oxygens (including phenoxy) is 1. The van der Waals surface area contributed by atoms with E-state index < -0.39 is 11.2 Å². The third-order valence-corrected chi connectivity index (χ3v) is 3.25. The number of halogens is 3. The molecule has 0 aliphatic carbocycles. The van der Waals surface area contributed by atoms with Gasteiger partial charge in [0.1, 0.15) is 0 Å². The number of likely N-dealkylation sites (N-methyl/N-ethyl adjacent to an activating group) is 1. The number of aromatic nitrogens is 1. The zero-order chi connectivity index (χ0) is 12.9. The summed E-state index contributed by atoms with van der Waals surface area (Å²) < 4.78 is 42.4. The van der Waals surface area contributed by atoms with Crippen LogP contribution in [0.15, 0.2) is 6.20 Å². The van der Waals surface area contributed by atoms with Crippen LogP contribution < -0.4 is 5.32 Å². The number of nitrogens with one attached hydrogen (secondary N) is 1. The van der Waals surface area contributed by atoms with Crippen molar-refractivity contribution in [2.75, 3.05) is 20.3 Å². The fourth-order valence-electron chi connectivity index (χ4n) is 1.23. The van der Waals surface area contributed by atoms with E-state index in [-0.39, 0.29) is 6.04 Å². The molecule has 0 amide bonds. The number of thiazole rings is 1. The Morgan fingerprint density at radius 1 is 1.53 bits per heavy atom. The maximum atomic E-state index is 12.4. The highest BCUT2D eigenvalue weighted by Gasteiger charge is 2.35. The van der Waals surface area contributed by atoms with Gasteiger partial charge in [-0.2, -0.15) is 13.2 Å². The second-order valence-corrected chi connectivity index (χ2v) is 4.54. The van der Waals surface area contributed by atoms with Crippen molar-refractivity contribution in [3.63, 3.8) is 0 Å². The molecule has 7 heteroatoms. The van der Waals surface area contributed by atoms with Gasteiger partial charge < -0.3 is 10.1 Å². The first kappa shape index (κ1) is 14.4. The number of hydrogen-bond acceptors (Lipinski definition) is 4. The molecular formula is C10H15F3N2OS. The number of alkyl halides is 3. The zero-order valence-corrected chi connectivity index (χ0v) is 10.5. The van der Waals surface area contributed by atoms with Crippen molar-refractivity contribution in [3.05, 3.63) is 16.1 Å². The Balaban J connectivity index is 2.66. The summed E-state index contributed by atoms with van der Waals surface area (Å²) in [6.45, 7) is 2.93. The number of nitrogens with zero attached hydrogens (tertiary/aromatic N) is 1. The second kappa shape index (κ2) is 6.32. The van der Waals surface area contributed by atoms with E-state index in [9.17, 15) is 13.2 Å². The zero-order valence-electron chi connectivity index (χ0n) is 9.67. The standard InChI is InChI=1S/C10H15F3N2OS/c1-3-4-16-6-7(14-2)8-5-15-9(17-8)10(11,12)13/h5,7,14H,3-4,6H2,1-2H3. The average Bonchev–Trinajstić information content (AvgIpc) is 2.73. The highest BCUT2D eigenvalue weighted by atomic mass is 32.1. The Kier molecular flexibility index (Phi) is 5.35. The molecule has 17 heavy (non-hydrogen) atoms. The van der Waals surface area contributed by atoms with Crippen LogP contribution in [0.1, 0.15) is 29.3 Å². The van der Waals surface area contributed by atoms with Crippen LogP contribution in [0.25, 0.3) is 0 Å². The molecule has 0 saturated heterocycles. The van der Waals surface area contributed by atoms with E-state index in [4.69, 9.17) is 4.74 Å². The number of hydrogen-bond donors (Lipinski definition) is 1. The highest BCUT2D eigenvalue weighted by Crippen LogP contribution is 2.34. The third-order valence-electron chi connectivity index (χ3n) is 2.09. The number of rotatable bonds is 6. The molecular weight excluding hydrogens is 253 g/mol. The molecule has 1 unspecified atom stereocenters. The smallest absolute Gasteiger partial charge is 0.379 e. The fourth-order valence-corrected chi connectivity index (χ4v) is 2.11. The van der Waals surface area contributed by atoms with E-state index in [1.54, 1.807) is 7.05 Å². The van der Waals surface area contributed by atoms with Crippen LogP contribution in [0.2, 0.25) is 0 Å². The average molecular weight is 268 g/mol. The largest absolute Gasteiger partial charge is 0.443 e. The summed E-state index contributed by atoms with van der Waals surface area (Å²) in [5, 5.41) is 2.10. The van der Waals surface area contributed by atoms with Crippen molar-refractivity contribution in [1.82, 2.24) is 10.3 Å². The van der Waals surface area contributed by atoms with Crippen LogP contribution in [-0.4, -0.2) is 25.2 Å². The van der Waals surface area contributed by atoms with Gasteiger partial charge in [-0.25, -0.2) is 4.98 Å². The monoisotopic (exact) mass is 268 g/mol. The van der Waals surface area contributed by atoms with Gasteiger partial charge in [0, 0.05) is 17.7 Å². The molecule has 1 aromatic rings. The van der Waals surface area contributed by atoms with Crippen LogP contribution in [-0.2, 0) is 10.9 Å². The predicted molar refractivity (Wildman–Crippen MR) is 60.0 cm³/mol. The van der Waals surface area contributed by atoms with Gasteiger partial charge in [0.05, 0.1) is 12.6 Å². The van der Waals surface area contributed by atoms with Crippen LogP contribution in [0.4, 0.5) is 13.2 Å². The second-order valence-electron chi connectivity index (χ2n) is 3.48. The van der Waals surface area contributed by atoms with Gasteiger partial charge in [0.2, 0.25) is 0 Å². The van der Waals surface area contributed by atoms with Gasteiger partial charge in [0.15, 0.2) is 5.01 Å². The van der Waals surface area contributed by atoms with Gasteiger partial charge in [-0.1, -0.05) is 6.92 Å². The van der Waals surface area contributed by atoms with E-state index in [1.165, 1.54) is 6.20 Å². The van der Waals surface area contributed by atoms with Crippen molar-refractivity contribution >= 4 is 11.3 Å². The van der Waals surface area contributed by atoms with Crippen LogP contribution in [0, 0.1) is 0 Å². The van der Waals surface area contributed by atoms with Gasteiger partial charge in [-0.05, 0) is 13.5 Å². The molecule has 1 N–H and O–H groups in total. The molecule has 0 fully saturated rings. The van der Waals surface area contributed by atoms with Gasteiger partial charge >= 0.3 is 6.18 Å². The molecule has 0 aliphatic heterocycles. The molecule has 1 atom stereocenters. The Hall–Kier alpha value is -0.660. The lowest BCUT2D eigenvalue weighted by Gasteiger charge is -2.13. The maximum Gasteiger partial charge on any atom is 0.443 e. The summed E-state index contributed by atoms with van der Waals surface area (Å²) in [5.74, 6) is 0. The lowest BCUT2D eigenvalue weighted by molar-refractivity contribution is -0.137. The van der Waals surface area contributed by atoms with E-state index in [0.29, 0.717) is 29.4 Å². The highest BCUT2D eigenvalue weighted by molar-refractivity contribution is 7.11. The lowest BCUT2D eigenvalue weighted by atomic mass is 10.3. The first-order valence-electron chi connectivity index (χ1n) is 5.27. The lowest BCUT2D eigenvalue weighted by Crippen LogP contribution is -2.21. The van der Waals surface area contributed by atoms with E-state index in [0.717, 1.165) is 6.42 Å². The van der Waals surface area contributed by atoms with E-state index in [1.807, 2.05) is 6.92 Å². The van der Waals surface area contributed by atoms with Crippen molar-refractivity contribution in [2.24, 2.45) is 0 Å². The van der Waals surface area contributed by atoms with Crippen molar-refractivity contribution < 1.29 is 17.9 Å². The summed E-state index contributed by atoms with van der Waals surface area (Å²) in [4.78, 5) is 3.92. The molecule has 0 aromatic carbocycles. The fraction of sp³-hybridized carbons (Fsp3) is 0.700. The summed E-state index contributed by atoms with van der Waals surface area (Å²) in [6.07, 6.45) is -2.23. The minimum absolute atomic E-state index is 0.241. The van der Waals surface area contributed by atoms with Crippen molar-refractivity contribution in [3.8, 4) is 0 Å². The molecule has 1 aromatic heterocycles. The summed E-state index contributed by atoms with van der Waals surface area (Å²) >= 11 is 0.652. The molecule has 0 aliphatic rings. The van der Waals surface area contributed by atoms with Crippen LogP contribution in [0.5, 0.6) is 0 Å². The van der Waals surface area contributed by atoms with E-state index >= 15 is 0 Å². The molecule has 3 nitrogen and oxygen atoms in total. The third kappa shape index (κ3) is 4.25. The molecule has 0 radical (unpaired) electrons. The van der Waals surface area contributed by atoms with Crippen LogP contribution >= 0.6 is 11.3 Å². The van der Waals surface area contributed by atoms with Gasteiger partial charge in [-0.3, -0.25) is 0 Å². The summed E-state index contributed by atoms with van der Waals surface area (Å²) in [5.41, 5.74) is 0. The minimum atomic E-state index is -4.37. The van der Waals surface area contributed by atoms with Crippen molar-refractivity contribution in [1.29, 1.82) is 0 Å². The van der Waals surface area contributed by atoms with Gasteiger partial charge in [-0.15, -0.1) is 11.3 Å². The summed E-state index contributed by atoms with van der Waals surface area (Å²) in [6, 6.07) is -0.241. The molecule has 98 valence electrons. The first-order chi connectivity index (χ1) is 7.99. The Labute approximate surface area is 102 Å². The van der Waals surface area contributed by atoms with E-state index in [2.05, 4.69) is 10.3 Å². The first-order valence-corrected chi connectivity index (χ1v) is 6.08. The Bertz CT molecular complexity index is 341. The van der Waals surface area contributed by atoms with Crippen molar-refractivity contribution in [2.45, 2.75) is 25.6 Å². The molecule has 0 saturated carbocycles. The molecule has 1 heterocycles. The SMILES string of the molecule is CCCOCC(NC)c1cnc(C(F)(F)F)s1. The minimum Gasteiger partial charge on any atom is -0.379 e. The molecule has 1 rings (SSSR count). The topological polar surface area (TPSA) is 34.1 Å². The summed E-state index contributed by atoms with van der Waals surface area (Å²) in [7, 11) is 1.69. The van der Waals surface area contributed by atoms with Crippen LogP contribution in [0.3, 0.4) is 0 Å². The Morgan fingerprint density at radius 2 is 2.24 bits per heavy atom. The predicted octanol–water partition coefficient (Wildman–Crippen LogP) is 2.85. The Morgan fingerprint density at radius 3 is 2.71 bits per heavy atom. The quantitative estimate of drug-likeness (QED) is 0.806. The van der Waals surface area contributed by atoms with Gasteiger partial charge in [0.25, 0.3) is 0 Å². The molecule has 0 bridgehead atoms. The molecule has 0 spiro atoms.